The van der Waals surface area contributed by atoms with Crippen LogP contribution in [0.1, 0.15) is 36.1 Å². The van der Waals surface area contributed by atoms with Gasteiger partial charge in [-0.1, -0.05) is 44.2 Å². The van der Waals surface area contributed by atoms with Crippen LogP contribution in [0.5, 0.6) is 0 Å². The Kier molecular flexibility index (Phi) is 4.47. The van der Waals surface area contributed by atoms with E-state index in [1.807, 2.05) is 67.9 Å². The van der Waals surface area contributed by atoms with Gasteiger partial charge in [0.15, 0.2) is 0 Å². The summed E-state index contributed by atoms with van der Waals surface area (Å²) in [5.41, 5.74) is 2.61. The molecule has 0 saturated heterocycles. The number of aromatic amines is 1. The number of hydrogen-bond donors (Lipinski definition) is 2. The van der Waals surface area contributed by atoms with Gasteiger partial charge in [-0.15, -0.1) is 0 Å². The molecule has 1 atom stereocenters. The summed E-state index contributed by atoms with van der Waals surface area (Å²) < 4.78 is 2.01. The zero-order chi connectivity index (χ0) is 19.8. The van der Waals surface area contributed by atoms with Crippen LogP contribution in [0.2, 0.25) is 0 Å². The number of rotatable bonds is 4. The van der Waals surface area contributed by atoms with Crippen molar-refractivity contribution >= 4 is 27.8 Å². The number of nitrogens with zero attached hydrogens (tertiary/aromatic N) is 2. The van der Waals surface area contributed by atoms with Crippen LogP contribution in [0, 0.1) is 5.92 Å². The lowest BCUT2D eigenvalue weighted by Crippen LogP contribution is -2.34. The van der Waals surface area contributed by atoms with E-state index in [2.05, 4.69) is 10.3 Å². The molecular formula is C22H22N4O2. The zero-order valence-corrected chi connectivity index (χ0v) is 16.1. The molecular weight excluding hydrogens is 352 g/mol. The van der Waals surface area contributed by atoms with Gasteiger partial charge in [0.25, 0.3) is 5.91 Å². The largest absolute Gasteiger partial charge is 0.342 e. The number of amides is 1. The summed E-state index contributed by atoms with van der Waals surface area (Å²) in [6.45, 7) is 4.08. The van der Waals surface area contributed by atoms with E-state index in [0.29, 0.717) is 16.5 Å². The van der Waals surface area contributed by atoms with Crippen molar-refractivity contribution < 1.29 is 4.79 Å². The zero-order valence-electron chi connectivity index (χ0n) is 16.1. The van der Waals surface area contributed by atoms with E-state index >= 15 is 0 Å². The Labute approximate surface area is 162 Å². The molecule has 2 aromatic carbocycles. The highest BCUT2D eigenvalue weighted by atomic mass is 16.2. The maximum atomic E-state index is 13.1. The van der Waals surface area contributed by atoms with Crippen molar-refractivity contribution in [2.24, 2.45) is 13.0 Å². The second-order valence-electron chi connectivity index (χ2n) is 7.31. The molecule has 0 bridgehead atoms. The molecule has 6 nitrogen and oxygen atoms in total. The number of hydrogen-bond acceptors (Lipinski definition) is 3. The average Bonchev–Trinajstić information content (AvgIpc) is 3.01. The minimum atomic E-state index is -0.298. The number of pyridine rings is 1. The van der Waals surface area contributed by atoms with E-state index in [1.54, 1.807) is 6.07 Å². The third kappa shape index (κ3) is 3.07. The molecule has 0 aliphatic carbocycles. The van der Waals surface area contributed by atoms with E-state index in [1.165, 1.54) is 6.07 Å². The summed E-state index contributed by atoms with van der Waals surface area (Å²) >= 11 is 0. The first-order chi connectivity index (χ1) is 13.5. The van der Waals surface area contributed by atoms with Gasteiger partial charge in [-0.05, 0) is 24.1 Å². The number of carbonyl (C=O) groups is 1. The third-order valence-corrected chi connectivity index (χ3v) is 5.05. The minimum absolute atomic E-state index is 0.118. The van der Waals surface area contributed by atoms with Gasteiger partial charge < -0.3 is 14.9 Å². The highest BCUT2D eigenvalue weighted by Crippen LogP contribution is 2.25. The van der Waals surface area contributed by atoms with Crippen LogP contribution < -0.4 is 10.9 Å². The summed E-state index contributed by atoms with van der Waals surface area (Å²) in [4.78, 5) is 32.7. The molecule has 0 aliphatic heterocycles. The molecule has 0 fully saturated rings. The van der Waals surface area contributed by atoms with Gasteiger partial charge >= 0.3 is 0 Å². The standard InChI is InChI=1S/C22H22N4O2/c1-13(2)20(21-24-17-10-6-7-11-18(17)26(21)3)25-22(28)15-12-19(27)23-16-9-5-4-8-14(15)16/h4-13,20H,1-3H3,(H,23,27)(H,25,28). The Balaban J connectivity index is 1.76. The minimum Gasteiger partial charge on any atom is -0.342 e. The van der Waals surface area contributed by atoms with Crippen LogP contribution in [-0.4, -0.2) is 20.4 Å². The first kappa shape index (κ1) is 18.0. The fourth-order valence-electron chi connectivity index (χ4n) is 3.58. The number of imidazole rings is 1. The Bertz CT molecular complexity index is 1240. The molecule has 142 valence electrons. The maximum Gasteiger partial charge on any atom is 0.252 e. The molecule has 0 aliphatic rings. The first-order valence-corrected chi connectivity index (χ1v) is 9.30. The Morgan fingerprint density at radius 1 is 1.11 bits per heavy atom. The lowest BCUT2D eigenvalue weighted by Gasteiger charge is -2.22. The Morgan fingerprint density at radius 3 is 2.57 bits per heavy atom. The van der Waals surface area contributed by atoms with Gasteiger partial charge in [-0.25, -0.2) is 4.98 Å². The summed E-state index contributed by atoms with van der Waals surface area (Å²) in [6, 6.07) is 16.3. The molecule has 2 heterocycles. The van der Waals surface area contributed by atoms with Crippen molar-refractivity contribution in [2.45, 2.75) is 19.9 Å². The summed E-state index contributed by atoms with van der Waals surface area (Å²) in [7, 11) is 1.95. The molecule has 4 aromatic rings. The number of carbonyl (C=O) groups excluding carboxylic acids is 1. The second-order valence-corrected chi connectivity index (χ2v) is 7.31. The Hall–Kier alpha value is -3.41. The van der Waals surface area contributed by atoms with Crippen LogP contribution >= 0.6 is 0 Å². The summed E-state index contributed by atoms with van der Waals surface area (Å²) in [6.07, 6.45) is 0. The monoisotopic (exact) mass is 374 g/mol. The number of para-hydroxylation sites is 3. The van der Waals surface area contributed by atoms with Gasteiger partial charge in [-0.3, -0.25) is 9.59 Å². The number of benzene rings is 2. The molecule has 0 saturated carbocycles. The van der Waals surface area contributed by atoms with Crippen LogP contribution in [0.15, 0.2) is 59.4 Å². The maximum absolute atomic E-state index is 13.1. The molecule has 2 aromatic heterocycles. The second kappa shape index (κ2) is 6.96. The van der Waals surface area contributed by atoms with Crippen molar-refractivity contribution in [2.75, 3.05) is 0 Å². The lowest BCUT2D eigenvalue weighted by molar-refractivity contribution is 0.0924. The number of H-pyrrole nitrogens is 1. The van der Waals surface area contributed by atoms with Crippen molar-refractivity contribution in [3.63, 3.8) is 0 Å². The van der Waals surface area contributed by atoms with Gasteiger partial charge in [0.2, 0.25) is 5.56 Å². The van der Waals surface area contributed by atoms with Crippen molar-refractivity contribution in [3.05, 3.63) is 76.3 Å². The SMILES string of the molecule is CC(C)C(NC(=O)c1cc(=O)[nH]c2ccccc12)c1nc2ccccc2n1C. The fraction of sp³-hybridized carbons (Fsp3) is 0.227. The quantitative estimate of drug-likeness (QED) is 0.573. The number of aromatic nitrogens is 3. The predicted molar refractivity (Wildman–Crippen MR) is 110 cm³/mol. The lowest BCUT2D eigenvalue weighted by atomic mass is 10.0. The van der Waals surface area contributed by atoms with Crippen LogP contribution in [0.3, 0.4) is 0 Å². The van der Waals surface area contributed by atoms with Crippen molar-refractivity contribution in [3.8, 4) is 0 Å². The van der Waals surface area contributed by atoms with Gasteiger partial charge in [-0.2, -0.15) is 0 Å². The van der Waals surface area contributed by atoms with Crippen LogP contribution in [0.4, 0.5) is 0 Å². The smallest absolute Gasteiger partial charge is 0.252 e. The summed E-state index contributed by atoms with van der Waals surface area (Å²) in [5, 5.41) is 3.81. The van der Waals surface area contributed by atoms with Gasteiger partial charge in [0.05, 0.1) is 22.6 Å². The van der Waals surface area contributed by atoms with Gasteiger partial charge in [0.1, 0.15) is 5.82 Å². The molecule has 1 amide bonds. The number of aryl methyl sites for hydroxylation is 1. The molecule has 6 heteroatoms. The number of nitrogens with one attached hydrogen (secondary N) is 2. The normalized spacial score (nSPS) is 12.6. The predicted octanol–water partition coefficient (Wildman–Crippen LogP) is 3.54. The molecule has 0 spiro atoms. The van der Waals surface area contributed by atoms with E-state index in [-0.39, 0.29) is 23.4 Å². The van der Waals surface area contributed by atoms with E-state index in [9.17, 15) is 9.59 Å². The average molecular weight is 374 g/mol. The third-order valence-electron chi connectivity index (χ3n) is 5.05. The molecule has 28 heavy (non-hydrogen) atoms. The topological polar surface area (TPSA) is 79.8 Å². The first-order valence-electron chi connectivity index (χ1n) is 9.30. The molecule has 1 unspecified atom stereocenters. The molecule has 2 N–H and O–H groups in total. The number of fused-ring (bicyclic) bond motifs is 2. The van der Waals surface area contributed by atoms with E-state index in [4.69, 9.17) is 4.98 Å². The highest BCUT2D eigenvalue weighted by Gasteiger charge is 2.25. The van der Waals surface area contributed by atoms with Crippen LogP contribution in [-0.2, 0) is 7.05 Å². The van der Waals surface area contributed by atoms with E-state index < -0.39 is 0 Å². The van der Waals surface area contributed by atoms with Crippen molar-refractivity contribution in [1.82, 2.24) is 19.9 Å². The fourth-order valence-corrected chi connectivity index (χ4v) is 3.58. The van der Waals surface area contributed by atoms with Crippen LogP contribution in [0.25, 0.3) is 21.9 Å². The highest BCUT2D eigenvalue weighted by molar-refractivity contribution is 6.06. The molecule has 0 radical (unpaired) electrons. The van der Waals surface area contributed by atoms with E-state index in [0.717, 1.165) is 16.9 Å². The summed E-state index contributed by atoms with van der Waals surface area (Å²) in [5.74, 6) is 0.625. The molecule has 4 rings (SSSR count). The Morgan fingerprint density at radius 2 is 1.82 bits per heavy atom. The van der Waals surface area contributed by atoms with Gasteiger partial charge in [0, 0.05) is 24.0 Å². The van der Waals surface area contributed by atoms with Crippen molar-refractivity contribution in [1.29, 1.82) is 0 Å².